The number of carbonyl (C=O) groups excluding carboxylic acids is 2. The van der Waals surface area contributed by atoms with E-state index in [0.29, 0.717) is 19.4 Å². The number of rotatable bonds is 9. The van der Waals surface area contributed by atoms with Crippen molar-refractivity contribution < 1.29 is 9.59 Å². The van der Waals surface area contributed by atoms with Gasteiger partial charge in [-0.15, -0.1) is 0 Å². The third-order valence-electron chi connectivity index (χ3n) is 3.75. The van der Waals surface area contributed by atoms with Crippen LogP contribution in [0.15, 0.2) is 30.3 Å². The van der Waals surface area contributed by atoms with Crippen LogP contribution in [0.2, 0.25) is 0 Å². The summed E-state index contributed by atoms with van der Waals surface area (Å²) in [6.45, 7) is 6.51. The molecule has 1 rings (SSSR count). The molecule has 0 radical (unpaired) electrons. The molecule has 0 saturated heterocycles. The van der Waals surface area contributed by atoms with Crippen molar-refractivity contribution in [2.45, 2.75) is 58.4 Å². The second-order valence-corrected chi connectivity index (χ2v) is 5.68. The molecule has 0 aliphatic heterocycles. The van der Waals surface area contributed by atoms with Crippen molar-refractivity contribution in [3.63, 3.8) is 0 Å². The molecule has 2 amide bonds. The molecule has 0 fully saturated rings. The van der Waals surface area contributed by atoms with Gasteiger partial charge in [0.2, 0.25) is 11.8 Å². The van der Waals surface area contributed by atoms with Crippen LogP contribution in [0.3, 0.4) is 0 Å². The molecule has 122 valence electrons. The van der Waals surface area contributed by atoms with E-state index in [1.54, 1.807) is 0 Å². The van der Waals surface area contributed by atoms with E-state index < -0.39 is 0 Å². The van der Waals surface area contributed by atoms with Gasteiger partial charge >= 0.3 is 0 Å². The standard InChI is InChI=1S/C18H28N2O2/c1-4-9-17(21)19-13-16(20-18(22)10-5-2)14(3)15-11-7-6-8-12-15/h6-8,11-12,14,16H,4-5,9-10,13H2,1-3H3,(H,19,21)(H,20,22)/t14-,16+/m1/s1. The molecule has 2 atom stereocenters. The van der Waals surface area contributed by atoms with Crippen molar-refractivity contribution in [3.8, 4) is 0 Å². The van der Waals surface area contributed by atoms with E-state index in [2.05, 4.69) is 29.7 Å². The van der Waals surface area contributed by atoms with Gasteiger partial charge in [-0.25, -0.2) is 0 Å². The summed E-state index contributed by atoms with van der Waals surface area (Å²) in [6.07, 6.45) is 2.68. The van der Waals surface area contributed by atoms with Crippen molar-refractivity contribution in [3.05, 3.63) is 35.9 Å². The molecule has 0 bridgehead atoms. The van der Waals surface area contributed by atoms with E-state index in [1.165, 1.54) is 0 Å². The van der Waals surface area contributed by atoms with E-state index in [1.807, 2.05) is 32.0 Å². The average Bonchev–Trinajstić information content (AvgIpc) is 2.52. The van der Waals surface area contributed by atoms with Crippen LogP contribution in [-0.2, 0) is 9.59 Å². The van der Waals surface area contributed by atoms with Crippen molar-refractivity contribution >= 4 is 11.8 Å². The van der Waals surface area contributed by atoms with Crippen LogP contribution in [-0.4, -0.2) is 24.4 Å². The Morgan fingerprint density at radius 3 is 2.18 bits per heavy atom. The van der Waals surface area contributed by atoms with Crippen LogP contribution < -0.4 is 10.6 Å². The minimum absolute atomic E-state index is 0.0394. The molecule has 1 aromatic rings. The third kappa shape index (κ3) is 6.29. The van der Waals surface area contributed by atoms with E-state index in [-0.39, 0.29) is 23.8 Å². The van der Waals surface area contributed by atoms with Crippen LogP contribution in [0.25, 0.3) is 0 Å². The summed E-state index contributed by atoms with van der Waals surface area (Å²) in [6, 6.07) is 9.97. The molecule has 0 heterocycles. The predicted octanol–water partition coefficient (Wildman–Crippen LogP) is 2.99. The zero-order valence-corrected chi connectivity index (χ0v) is 13.9. The van der Waals surface area contributed by atoms with Gasteiger partial charge in [0.1, 0.15) is 0 Å². The summed E-state index contributed by atoms with van der Waals surface area (Å²) in [5.74, 6) is 0.224. The van der Waals surface area contributed by atoms with Crippen LogP contribution in [0.5, 0.6) is 0 Å². The molecule has 0 aliphatic carbocycles. The maximum absolute atomic E-state index is 11.9. The Morgan fingerprint density at radius 1 is 1.00 bits per heavy atom. The normalized spacial score (nSPS) is 13.2. The van der Waals surface area contributed by atoms with Crippen molar-refractivity contribution in [1.82, 2.24) is 10.6 Å². The number of hydrogen-bond acceptors (Lipinski definition) is 2. The fourth-order valence-corrected chi connectivity index (χ4v) is 2.39. The van der Waals surface area contributed by atoms with Crippen LogP contribution in [0.1, 0.15) is 57.9 Å². The van der Waals surface area contributed by atoms with E-state index in [0.717, 1.165) is 18.4 Å². The number of benzene rings is 1. The van der Waals surface area contributed by atoms with Gasteiger partial charge in [0.05, 0.1) is 6.04 Å². The highest BCUT2D eigenvalue weighted by molar-refractivity contribution is 5.77. The lowest BCUT2D eigenvalue weighted by Crippen LogP contribution is -2.46. The van der Waals surface area contributed by atoms with E-state index in [4.69, 9.17) is 0 Å². The monoisotopic (exact) mass is 304 g/mol. The summed E-state index contributed by atoms with van der Waals surface area (Å²) >= 11 is 0. The van der Waals surface area contributed by atoms with Crippen molar-refractivity contribution in [2.75, 3.05) is 6.54 Å². The highest BCUT2D eigenvalue weighted by atomic mass is 16.2. The molecule has 0 spiro atoms. The molecule has 0 aliphatic rings. The predicted molar refractivity (Wildman–Crippen MR) is 89.6 cm³/mol. The Kier molecular flexibility index (Phi) is 8.26. The molecule has 0 unspecified atom stereocenters. The lowest BCUT2D eigenvalue weighted by Gasteiger charge is -2.26. The third-order valence-corrected chi connectivity index (χ3v) is 3.75. The lowest BCUT2D eigenvalue weighted by molar-refractivity contribution is -0.123. The minimum Gasteiger partial charge on any atom is -0.354 e. The largest absolute Gasteiger partial charge is 0.354 e. The molecular weight excluding hydrogens is 276 g/mol. The van der Waals surface area contributed by atoms with Crippen molar-refractivity contribution in [2.24, 2.45) is 0 Å². The van der Waals surface area contributed by atoms with E-state index >= 15 is 0 Å². The van der Waals surface area contributed by atoms with Crippen LogP contribution in [0.4, 0.5) is 0 Å². The number of carbonyl (C=O) groups is 2. The molecule has 0 aromatic heterocycles. The maximum atomic E-state index is 11.9. The molecular formula is C18H28N2O2. The SMILES string of the molecule is CCCC(=O)NC[C@H](NC(=O)CCC)[C@H](C)c1ccccc1. The van der Waals surface area contributed by atoms with E-state index in [9.17, 15) is 9.59 Å². The Morgan fingerprint density at radius 2 is 1.59 bits per heavy atom. The zero-order valence-electron chi connectivity index (χ0n) is 13.9. The second kappa shape index (κ2) is 9.98. The number of nitrogens with one attached hydrogen (secondary N) is 2. The maximum Gasteiger partial charge on any atom is 0.220 e. The Hall–Kier alpha value is -1.84. The number of hydrogen-bond donors (Lipinski definition) is 2. The molecule has 22 heavy (non-hydrogen) atoms. The first-order chi connectivity index (χ1) is 10.6. The van der Waals surface area contributed by atoms with Gasteiger partial charge in [-0.05, 0) is 18.4 Å². The summed E-state index contributed by atoms with van der Waals surface area (Å²) in [5, 5.41) is 5.99. The molecule has 4 heteroatoms. The summed E-state index contributed by atoms with van der Waals surface area (Å²) in [5.41, 5.74) is 1.16. The first-order valence-electron chi connectivity index (χ1n) is 8.19. The Labute approximate surface area is 133 Å². The Balaban J connectivity index is 2.72. The van der Waals surface area contributed by atoms with Gasteiger partial charge in [-0.1, -0.05) is 51.1 Å². The second-order valence-electron chi connectivity index (χ2n) is 5.68. The average molecular weight is 304 g/mol. The minimum atomic E-state index is -0.0951. The fraction of sp³-hybridized carbons (Fsp3) is 0.556. The summed E-state index contributed by atoms with van der Waals surface area (Å²) in [4.78, 5) is 23.6. The molecule has 0 saturated carbocycles. The van der Waals surface area contributed by atoms with Gasteiger partial charge < -0.3 is 10.6 Å². The molecule has 1 aromatic carbocycles. The Bertz CT molecular complexity index is 459. The molecule has 2 N–H and O–H groups in total. The van der Waals surface area contributed by atoms with Gasteiger partial charge in [-0.3, -0.25) is 9.59 Å². The lowest BCUT2D eigenvalue weighted by atomic mass is 9.93. The molecule has 4 nitrogen and oxygen atoms in total. The smallest absolute Gasteiger partial charge is 0.220 e. The topological polar surface area (TPSA) is 58.2 Å². The highest BCUT2D eigenvalue weighted by Crippen LogP contribution is 2.19. The zero-order chi connectivity index (χ0) is 16.4. The van der Waals surface area contributed by atoms with Gasteiger partial charge in [0, 0.05) is 25.3 Å². The highest BCUT2D eigenvalue weighted by Gasteiger charge is 2.21. The van der Waals surface area contributed by atoms with Crippen LogP contribution >= 0.6 is 0 Å². The first-order valence-corrected chi connectivity index (χ1v) is 8.19. The fourth-order valence-electron chi connectivity index (χ4n) is 2.39. The van der Waals surface area contributed by atoms with Gasteiger partial charge in [-0.2, -0.15) is 0 Å². The van der Waals surface area contributed by atoms with Crippen molar-refractivity contribution in [1.29, 1.82) is 0 Å². The van der Waals surface area contributed by atoms with Gasteiger partial charge in [0.25, 0.3) is 0 Å². The summed E-state index contributed by atoms with van der Waals surface area (Å²) in [7, 11) is 0. The van der Waals surface area contributed by atoms with Gasteiger partial charge in [0.15, 0.2) is 0 Å². The summed E-state index contributed by atoms with van der Waals surface area (Å²) < 4.78 is 0. The van der Waals surface area contributed by atoms with Crippen LogP contribution in [0, 0.1) is 0 Å². The first kappa shape index (κ1) is 18.2. The quantitative estimate of drug-likeness (QED) is 0.737. The number of amides is 2.